The SMILES string of the molecule is COCC=CC(P)(C1CCCCC1)C1CCCCC1. The zero-order valence-corrected chi connectivity index (χ0v) is 13.7. The van der Waals surface area contributed by atoms with Crippen molar-refractivity contribution >= 4 is 9.24 Å². The fourth-order valence-corrected chi connectivity index (χ4v) is 4.96. The summed E-state index contributed by atoms with van der Waals surface area (Å²) >= 11 is 0. The third-order valence-corrected chi connectivity index (χ3v) is 6.43. The molecular weight excluding hydrogens is 251 g/mol. The monoisotopic (exact) mass is 282 g/mol. The molecule has 1 unspecified atom stereocenters. The molecule has 0 aromatic heterocycles. The molecule has 2 rings (SSSR count). The Bertz CT molecular complexity index is 257. The molecule has 2 heteroatoms. The van der Waals surface area contributed by atoms with Gasteiger partial charge in [-0.05, 0) is 37.5 Å². The van der Waals surface area contributed by atoms with Gasteiger partial charge in [0, 0.05) is 12.3 Å². The van der Waals surface area contributed by atoms with Crippen LogP contribution in [0.3, 0.4) is 0 Å². The molecule has 0 bridgehead atoms. The van der Waals surface area contributed by atoms with Crippen molar-refractivity contribution in [2.45, 2.75) is 69.4 Å². The molecule has 2 saturated carbocycles. The fourth-order valence-electron chi connectivity index (χ4n) is 4.16. The molecule has 2 aliphatic rings. The van der Waals surface area contributed by atoms with E-state index in [-0.39, 0.29) is 0 Å². The summed E-state index contributed by atoms with van der Waals surface area (Å²) in [6.45, 7) is 0.760. The lowest BCUT2D eigenvalue weighted by Gasteiger charge is -2.45. The molecule has 1 nitrogen and oxygen atoms in total. The summed E-state index contributed by atoms with van der Waals surface area (Å²) in [5, 5.41) is 0.347. The van der Waals surface area contributed by atoms with Gasteiger partial charge in [0.1, 0.15) is 0 Å². The van der Waals surface area contributed by atoms with Gasteiger partial charge in [0.25, 0.3) is 0 Å². The fraction of sp³-hybridized carbons (Fsp3) is 0.882. The molecule has 110 valence electrons. The van der Waals surface area contributed by atoms with E-state index in [0.29, 0.717) is 5.16 Å². The lowest BCUT2D eigenvalue weighted by atomic mass is 9.68. The number of hydrogen-bond acceptors (Lipinski definition) is 1. The van der Waals surface area contributed by atoms with Crippen LogP contribution < -0.4 is 0 Å². The molecule has 0 aliphatic heterocycles. The minimum atomic E-state index is 0.347. The Morgan fingerprint density at radius 1 is 0.947 bits per heavy atom. The van der Waals surface area contributed by atoms with Gasteiger partial charge in [-0.2, -0.15) is 0 Å². The van der Waals surface area contributed by atoms with E-state index in [1.807, 2.05) is 0 Å². The first-order chi connectivity index (χ1) is 9.27. The van der Waals surface area contributed by atoms with Gasteiger partial charge in [-0.25, -0.2) is 0 Å². The first-order valence-electron chi connectivity index (χ1n) is 8.23. The van der Waals surface area contributed by atoms with Crippen molar-refractivity contribution in [1.82, 2.24) is 0 Å². The van der Waals surface area contributed by atoms with Crippen molar-refractivity contribution in [3.63, 3.8) is 0 Å². The summed E-state index contributed by atoms with van der Waals surface area (Å²) in [4.78, 5) is 0. The van der Waals surface area contributed by atoms with E-state index >= 15 is 0 Å². The molecule has 0 spiro atoms. The van der Waals surface area contributed by atoms with E-state index in [0.717, 1.165) is 18.4 Å². The maximum atomic E-state index is 5.22. The van der Waals surface area contributed by atoms with E-state index in [2.05, 4.69) is 21.4 Å². The van der Waals surface area contributed by atoms with Crippen molar-refractivity contribution in [2.75, 3.05) is 13.7 Å². The highest BCUT2D eigenvalue weighted by Crippen LogP contribution is 2.49. The Hall–Kier alpha value is 0.130. The normalized spacial score (nSPS) is 24.1. The summed E-state index contributed by atoms with van der Waals surface area (Å²) in [5.41, 5.74) is 0. The molecule has 1 atom stereocenters. The van der Waals surface area contributed by atoms with E-state index < -0.39 is 0 Å². The molecular formula is C17H31OP. The standard InChI is InChI=1S/C17H31OP/c1-18-14-8-13-17(19,15-9-4-2-5-10-15)16-11-6-3-7-12-16/h8,13,15-16H,2-7,9-12,14,19H2,1H3. The second kappa shape index (κ2) is 7.79. The lowest BCUT2D eigenvalue weighted by Crippen LogP contribution is -2.39. The first kappa shape index (κ1) is 15.5. The largest absolute Gasteiger partial charge is 0.381 e. The number of hydrogen-bond donors (Lipinski definition) is 0. The molecule has 0 amide bonds. The molecule has 19 heavy (non-hydrogen) atoms. The minimum Gasteiger partial charge on any atom is -0.381 e. The Labute approximate surface area is 121 Å². The molecule has 0 saturated heterocycles. The van der Waals surface area contributed by atoms with Crippen LogP contribution in [0.15, 0.2) is 12.2 Å². The zero-order valence-electron chi connectivity index (χ0n) is 12.6. The van der Waals surface area contributed by atoms with E-state index in [1.165, 1.54) is 64.2 Å². The van der Waals surface area contributed by atoms with Gasteiger partial charge in [-0.15, -0.1) is 9.24 Å². The lowest BCUT2D eigenvalue weighted by molar-refractivity contribution is 0.204. The maximum absolute atomic E-state index is 5.22. The van der Waals surface area contributed by atoms with E-state index in [9.17, 15) is 0 Å². The molecule has 2 fully saturated rings. The van der Waals surface area contributed by atoms with Crippen molar-refractivity contribution in [1.29, 1.82) is 0 Å². The number of rotatable bonds is 5. The summed E-state index contributed by atoms with van der Waals surface area (Å²) in [6.07, 6.45) is 19.1. The van der Waals surface area contributed by atoms with Gasteiger partial charge in [0.05, 0.1) is 6.61 Å². The Morgan fingerprint density at radius 3 is 1.84 bits per heavy atom. The van der Waals surface area contributed by atoms with Crippen LogP contribution >= 0.6 is 9.24 Å². The van der Waals surface area contributed by atoms with Crippen molar-refractivity contribution in [2.24, 2.45) is 11.8 Å². The molecule has 0 aromatic carbocycles. The summed E-state index contributed by atoms with van der Waals surface area (Å²) in [7, 11) is 5.07. The minimum absolute atomic E-state index is 0.347. The first-order valence-corrected chi connectivity index (χ1v) is 8.80. The molecule has 0 heterocycles. The van der Waals surface area contributed by atoms with Crippen LogP contribution in [0.25, 0.3) is 0 Å². The van der Waals surface area contributed by atoms with Crippen LogP contribution in [0.2, 0.25) is 0 Å². The van der Waals surface area contributed by atoms with Crippen LogP contribution in [-0.2, 0) is 4.74 Å². The summed E-state index contributed by atoms with van der Waals surface area (Å²) in [5.74, 6) is 1.75. The van der Waals surface area contributed by atoms with Crippen molar-refractivity contribution in [3.8, 4) is 0 Å². The topological polar surface area (TPSA) is 9.23 Å². The van der Waals surface area contributed by atoms with Gasteiger partial charge >= 0.3 is 0 Å². The van der Waals surface area contributed by atoms with E-state index in [4.69, 9.17) is 4.74 Å². The van der Waals surface area contributed by atoms with Crippen LogP contribution in [-0.4, -0.2) is 18.9 Å². The van der Waals surface area contributed by atoms with Crippen LogP contribution in [0, 0.1) is 11.8 Å². The van der Waals surface area contributed by atoms with Crippen LogP contribution in [0.4, 0.5) is 0 Å². The number of methoxy groups -OCH3 is 1. The Kier molecular flexibility index (Phi) is 6.36. The van der Waals surface area contributed by atoms with Gasteiger partial charge in [-0.3, -0.25) is 0 Å². The zero-order chi connectivity index (χ0) is 13.6. The highest BCUT2D eigenvalue weighted by molar-refractivity contribution is 7.19. The van der Waals surface area contributed by atoms with Gasteiger partial charge in [-0.1, -0.05) is 50.7 Å². The highest BCUT2D eigenvalue weighted by atomic mass is 31.0. The van der Waals surface area contributed by atoms with Gasteiger partial charge < -0.3 is 4.74 Å². The summed E-state index contributed by atoms with van der Waals surface area (Å²) < 4.78 is 5.22. The van der Waals surface area contributed by atoms with Crippen LogP contribution in [0.1, 0.15) is 64.2 Å². The summed E-state index contributed by atoms with van der Waals surface area (Å²) in [6, 6.07) is 0. The molecule has 0 radical (unpaired) electrons. The predicted octanol–water partition coefficient (Wildman–Crippen LogP) is 4.96. The average Bonchev–Trinajstić information content (AvgIpc) is 2.49. The second-order valence-electron chi connectivity index (χ2n) is 6.53. The number of ether oxygens (including phenoxy) is 1. The quantitative estimate of drug-likeness (QED) is 0.511. The van der Waals surface area contributed by atoms with Gasteiger partial charge in [0.2, 0.25) is 0 Å². The third-order valence-electron chi connectivity index (χ3n) is 5.29. The van der Waals surface area contributed by atoms with Gasteiger partial charge in [0.15, 0.2) is 0 Å². The average molecular weight is 282 g/mol. The predicted molar refractivity (Wildman–Crippen MR) is 86.6 cm³/mol. The molecule has 0 N–H and O–H groups in total. The van der Waals surface area contributed by atoms with E-state index in [1.54, 1.807) is 7.11 Å². The van der Waals surface area contributed by atoms with Crippen molar-refractivity contribution in [3.05, 3.63) is 12.2 Å². The Balaban J connectivity index is 2.09. The highest BCUT2D eigenvalue weighted by Gasteiger charge is 2.39. The number of allylic oxidation sites excluding steroid dienone is 1. The molecule has 0 aromatic rings. The van der Waals surface area contributed by atoms with Crippen LogP contribution in [0.5, 0.6) is 0 Å². The third kappa shape index (κ3) is 4.05. The Morgan fingerprint density at radius 2 is 1.42 bits per heavy atom. The van der Waals surface area contributed by atoms with Crippen molar-refractivity contribution < 1.29 is 4.74 Å². The second-order valence-corrected chi connectivity index (χ2v) is 7.53. The smallest absolute Gasteiger partial charge is 0.0643 e. The maximum Gasteiger partial charge on any atom is 0.0643 e. The molecule has 2 aliphatic carbocycles.